The van der Waals surface area contributed by atoms with Crippen LogP contribution in [0.2, 0.25) is 0 Å². The van der Waals surface area contributed by atoms with E-state index in [0.29, 0.717) is 6.04 Å². The van der Waals surface area contributed by atoms with Crippen LogP contribution in [-0.2, 0) is 13.6 Å². The zero-order valence-electron chi connectivity index (χ0n) is 12.7. The van der Waals surface area contributed by atoms with Gasteiger partial charge in [0.05, 0.1) is 16.7 Å². The van der Waals surface area contributed by atoms with Crippen LogP contribution in [0.25, 0.3) is 0 Å². The molecule has 1 unspecified atom stereocenters. The molecular formula is C15H22ClN5S. The lowest BCUT2D eigenvalue weighted by molar-refractivity contribution is 0.143. The number of rotatable bonds is 4. The van der Waals surface area contributed by atoms with Gasteiger partial charge < -0.3 is 9.88 Å². The zero-order chi connectivity index (χ0) is 14.2. The average Bonchev–Trinajstić information content (AvgIpc) is 3.10. The minimum Gasteiger partial charge on any atom is -0.337 e. The fourth-order valence-corrected chi connectivity index (χ4v) is 3.99. The summed E-state index contributed by atoms with van der Waals surface area (Å²) in [5.41, 5.74) is 1.23. The summed E-state index contributed by atoms with van der Waals surface area (Å²) >= 11 is 1.84. The van der Waals surface area contributed by atoms with E-state index >= 15 is 0 Å². The summed E-state index contributed by atoms with van der Waals surface area (Å²) in [6.45, 7) is 3.99. The molecule has 2 fully saturated rings. The second-order valence-corrected chi connectivity index (χ2v) is 6.93. The summed E-state index contributed by atoms with van der Waals surface area (Å²) in [6.07, 6.45) is 6.57. The molecule has 0 radical (unpaired) electrons. The van der Waals surface area contributed by atoms with Crippen LogP contribution in [0.5, 0.6) is 0 Å². The summed E-state index contributed by atoms with van der Waals surface area (Å²) in [5, 5.41) is 7.07. The Hall–Kier alpha value is -0.950. The van der Waals surface area contributed by atoms with Crippen LogP contribution in [-0.4, -0.2) is 39.1 Å². The molecule has 0 amide bonds. The van der Waals surface area contributed by atoms with Crippen molar-refractivity contribution in [2.24, 2.45) is 7.05 Å². The quantitative estimate of drug-likeness (QED) is 0.928. The Labute approximate surface area is 141 Å². The van der Waals surface area contributed by atoms with Crippen LogP contribution in [0, 0.1) is 0 Å². The first-order valence-electron chi connectivity index (χ1n) is 7.67. The minimum absolute atomic E-state index is 0. The molecule has 0 spiro atoms. The number of nitrogens with zero attached hydrogens (tertiary/aromatic N) is 4. The van der Waals surface area contributed by atoms with Crippen molar-refractivity contribution in [3.63, 3.8) is 0 Å². The van der Waals surface area contributed by atoms with E-state index in [2.05, 4.69) is 32.2 Å². The van der Waals surface area contributed by atoms with Gasteiger partial charge in [-0.1, -0.05) is 0 Å². The third kappa shape index (κ3) is 3.20. The van der Waals surface area contributed by atoms with Gasteiger partial charge in [0.2, 0.25) is 0 Å². The molecule has 2 aliphatic rings. The molecule has 0 bridgehead atoms. The number of thiazole rings is 1. The highest BCUT2D eigenvalue weighted by atomic mass is 35.5. The molecule has 1 aliphatic carbocycles. The SMILES string of the molecule is Cl.Cn1ccnc1C1CNCCN1Cc1csc(C2CC2)n1. The number of hydrogen-bond donors (Lipinski definition) is 1. The van der Waals surface area contributed by atoms with Crippen LogP contribution in [0.1, 0.15) is 41.3 Å². The van der Waals surface area contributed by atoms with Crippen LogP contribution < -0.4 is 5.32 Å². The molecule has 4 rings (SSSR count). The van der Waals surface area contributed by atoms with Gasteiger partial charge in [-0.15, -0.1) is 23.7 Å². The van der Waals surface area contributed by atoms with Crippen molar-refractivity contribution >= 4 is 23.7 Å². The minimum atomic E-state index is 0. The first-order chi connectivity index (χ1) is 10.3. The Morgan fingerprint density at radius 2 is 2.27 bits per heavy atom. The van der Waals surface area contributed by atoms with Crippen molar-refractivity contribution in [1.82, 2.24) is 24.8 Å². The standard InChI is InChI=1S/C15H21N5S.ClH/c1-19-6-5-17-14(19)13-8-16-4-7-20(13)9-12-10-21-15(18-12)11-2-3-11;/h5-6,10-11,13,16H,2-4,7-9H2,1H3;1H. The summed E-state index contributed by atoms with van der Waals surface area (Å²) in [4.78, 5) is 11.9. The van der Waals surface area contributed by atoms with E-state index in [4.69, 9.17) is 4.98 Å². The fourth-order valence-electron chi connectivity index (χ4n) is 3.01. The van der Waals surface area contributed by atoms with E-state index in [1.807, 2.05) is 23.7 Å². The number of hydrogen-bond acceptors (Lipinski definition) is 5. The number of aromatic nitrogens is 3. The topological polar surface area (TPSA) is 46.0 Å². The van der Waals surface area contributed by atoms with Crippen LogP contribution in [0.4, 0.5) is 0 Å². The number of nitrogens with one attached hydrogen (secondary N) is 1. The molecule has 1 saturated carbocycles. The lowest BCUT2D eigenvalue weighted by Crippen LogP contribution is -2.46. The lowest BCUT2D eigenvalue weighted by atomic mass is 10.1. The Morgan fingerprint density at radius 3 is 3.00 bits per heavy atom. The second kappa shape index (κ2) is 6.66. The summed E-state index contributed by atoms with van der Waals surface area (Å²) in [7, 11) is 2.07. The van der Waals surface area contributed by atoms with Gasteiger partial charge in [0.15, 0.2) is 0 Å². The molecule has 7 heteroatoms. The normalized spacial score (nSPS) is 22.5. The third-order valence-electron chi connectivity index (χ3n) is 4.37. The van der Waals surface area contributed by atoms with E-state index in [1.165, 1.54) is 23.5 Å². The Kier molecular flexibility index (Phi) is 4.82. The second-order valence-electron chi connectivity index (χ2n) is 6.04. The summed E-state index contributed by atoms with van der Waals surface area (Å²) in [5.74, 6) is 1.90. The number of halogens is 1. The monoisotopic (exact) mass is 339 g/mol. The summed E-state index contributed by atoms with van der Waals surface area (Å²) < 4.78 is 2.13. The highest BCUT2D eigenvalue weighted by molar-refractivity contribution is 7.09. The van der Waals surface area contributed by atoms with Crippen molar-refractivity contribution in [3.05, 3.63) is 34.3 Å². The van der Waals surface area contributed by atoms with Crippen molar-refractivity contribution in [2.45, 2.75) is 31.3 Å². The maximum absolute atomic E-state index is 4.83. The van der Waals surface area contributed by atoms with Crippen molar-refractivity contribution < 1.29 is 0 Å². The van der Waals surface area contributed by atoms with E-state index < -0.39 is 0 Å². The molecule has 1 N–H and O–H groups in total. The predicted molar refractivity (Wildman–Crippen MR) is 90.6 cm³/mol. The molecule has 1 aliphatic heterocycles. The Balaban J connectivity index is 0.00000144. The average molecular weight is 340 g/mol. The molecule has 1 atom stereocenters. The molecule has 2 aromatic heterocycles. The largest absolute Gasteiger partial charge is 0.337 e. The molecule has 5 nitrogen and oxygen atoms in total. The molecule has 120 valence electrons. The van der Waals surface area contributed by atoms with Crippen LogP contribution in [0.15, 0.2) is 17.8 Å². The molecule has 0 aromatic carbocycles. The van der Waals surface area contributed by atoms with E-state index in [0.717, 1.165) is 37.9 Å². The van der Waals surface area contributed by atoms with Gasteiger partial charge in [-0.2, -0.15) is 0 Å². The molecule has 2 aromatic rings. The van der Waals surface area contributed by atoms with Gasteiger partial charge in [-0.25, -0.2) is 9.97 Å². The lowest BCUT2D eigenvalue weighted by Gasteiger charge is -2.35. The fraction of sp³-hybridized carbons (Fsp3) is 0.600. The molecule has 22 heavy (non-hydrogen) atoms. The highest BCUT2D eigenvalue weighted by Crippen LogP contribution is 2.41. The number of imidazole rings is 1. The number of piperazine rings is 1. The van der Waals surface area contributed by atoms with E-state index in [-0.39, 0.29) is 12.4 Å². The molecule has 1 saturated heterocycles. The smallest absolute Gasteiger partial charge is 0.127 e. The zero-order valence-corrected chi connectivity index (χ0v) is 14.4. The van der Waals surface area contributed by atoms with Gasteiger partial charge in [0.1, 0.15) is 5.82 Å². The van der Waals surface area contributed by atoms with Gasteiger partial charge in [-0.3, -0.25) is 4.90 Å². The first kappa shape index (κ1) is 15.9. The van der Waals surface area contributed by atoms with Crippen molar-refractivity contribution in [3.8, 4) is 0 Å². The first-order valence-corrected chi connectivity index (χ1v) is 8.55. The van der Waals surface area contributed by atoms with Crippen LogP contribution >= 0.6 is 23.7 Å². The summed E-state index contributed by atoms with van der Waals surface area (Å²) in [6, 6.07) is 0.338. The Bertz CT molecular complexity index is 621. The predicted octanol–water partition coefficient (Wildman–Crippen LogP) is 2.32. The van der Waals surface area contributed by atoms with E-state index in [9.17, 15) is 0 Å². The van der Waals surface area contributed by atoms with Gasteiger partial charge in [0, 0.05) is 56.9 Å². The van der Waals surface area contributed by atoms with Crippen molar-refractivity contribution in [2.75, 3.05) is 19.6 Å². The van der Waals surface area contributed by atoms with Gasteiger partial charge in [-0.05, 0) is 12.8 Å². The molecule has 3 heterocycles. The Morgan fingerprint density at radius 1 is 1.41 bits per heavy atom. The van der Waals surface area contributed by atoms with E-state index in [1.54, 1.807) is 0 Å². The number of aryl methyl sites for hydroxylation is 1. The van der Waals surface area contributed by atoms with Crippen molar-refractivity contribution in [1.29, 1.82) is 0 Å². The molecular weight excluding hydrogens is 318 g/mol. The van der Waals surface area contributed by atoms with Gasteiger partial charge >= 0.3 is 0 Å². The maximum Gasteiger partial charge on any atom is 0.127 e. The van der Waals surface area contributed by atoms with Crippen LogP contribution in [0.3, 0.4) is 0 Å². The highest BCUT2D eigenvalue weighted by Gasteiger charge is 2.29. The van der Waals surface area contributed by atoms with Gasteiger partial charge in [0.25, 0.3) is 0 Å². The maximum atomic E-state index is 4.83. The third-order valence-corrected chi connectivity index (χ3v) is 5.43.